The molecule has 0 aliphatic heterocycles. The summed E-state index contributed by atoms with van der Waals surface area (Å²) in [5, 5.41) is 0. The van der Waals surface area contributed by atoms with E-state index in [-0.39, 0.29) is 17.2 Å². The maximum atomic E-state index is 12.3. The predicted molar refractivity (Wildman–Crippen MR) is 84.5 cm³/mol. The number of ether oxygens (including phenoxy) is 1. The minimum absolute atomic E-state index is 0.0396. The molecule has 0 saturated carbocycles. The van der Waals surface area contributed by atoms with E-state index in [9.17, 15) is 9.59 Å². The van der Waals surface area contributed by atoms with Crippen LogP contribution in [0.4, 0.5) is 0 Å². The molecule has 2 rings (SSSR count). The van der Waals surface area contributed by atoms with Crippen molar-refractivity contribution in [2.45, 2.75) is 33.7 Å². The van der Waals surface area contributed by atoms with E-state index >= 15 is 0 Å². The third kappa shape index (κ3) is 3.81. The van der Waals surface area contributed by atoms with E-state index in [1.165, 1.54) is 0 Å². The lowest BCUT2D eigenvalue weighted by Gasteiger charge is -2.10. The standard InChI is InChI=1S/C17H20N2O3/c1-4-15(20)13-5-7-14(8-6-13)22-16-17(21)19(10-9-18-16)11-12(2)3/h5-10,12H,4,11H2,1-3H3. The molecule has 0 unspecified atom stereocenters. The predicted octanol–water partition coefficient (Wildman–Crippen LogP) is 3.28. The van der Waals surface area contributed by atoms with Gasteiger partial charge in [0.05, 0.1) is 0 Å². The van der Waals surface area contributed by atoms with Gasteiger partial charge in [0.15, 0.2) is 5.78 Å². The van der Waals surface area contributed by atoms with Crippen molar-refractivity contribution in [1.82, 2.24) is 9.55 Å². The number of hydrogen-bond acceptors (Lipinski definition) is 4. The molecule has 1 heterocycles. The summed E-state index contributed by atoms with van der Waals surface area (Å²) in [7, 11) is 0. The Hall–Kier alpha value is -2.43. The minimum Gasteiger partial charge on any atom is -0.435 e. The van der Waals surface area contributed by atoms with Crippen molar-refractivity contribution >= 4 is 5.78 Å². The molecule has 5 heteroatoms. The molecule has 0 aliphatic carbocycles. The number of benzene rings is 1. The Morgan fingerprint density at radius 1 is 1.27 bits per heavy atom. The first-order valence-corrected chi connectivity index (χ1v) is 7.37. The van der Waals surface area contributed by atoms with Crippen molar-refractivity contribution in [2.24, 2.45) is 5.92 Å². The third-order valence-corrected chi connectivity index (χ3v) is 3.16. The second-order valence-electron chi connectivity index (χ2n) is 5.49. The van der Waals surface area contributed by atoms with E-state index in [1.807, 2.05) is 20.8 Å². The van der Waals surface area contributed by atoms with Gasteiger partial charge in [0.1, 0.15) is 5.75 Å². The topological polar surface area (TPSA) is 61.2 Å². The van der Waals surface area contributed by atoms with Crippen molar-refractivity contribution in [1.29, 1.82) is 0 Å². The van der Waals surface area contributed by atoms with Crippen LogP contribution in [0.15, 0.2) is 41.5 Å². The van der Waals surface area contributed by atoms with Crippen LogP contribution in [-0.4, -0.2) is 15.3 Å². The van der Waals surface area contributed by atoms with Crippen LogP contribution in [0.1, 0.15) is 37.6 Å². The molecule has 116 valence electrons. The molecule has 22 heavy (non-hydrogen) atoms. The van der Waals surface area contributed by atoms with E-state index in [2.05, 4.69) is 4.98 Å². The van der Waals surface area contributed by atoms with Crippen molar-refractivity contribution in [2.75, 3.05) is 0 Å². The maximum Gasteiger partial charge on any atom is 0.313 e. The SMILES string of the molecule is CCC(=O)c1ccc(Oc2nccn(CC(C)C)c2=O)cc1. The van der Waals surface area contributed by atoms with Gasteiger partial charge in [0.25, 0.3) is 5.88 Å². The van der Waals surface area contributed by atoms with Crippen LogP contribution in [0.3, 0.4) is 0 Å². The largest absolute Gasteiger partial charge is 0.435 e. The Morgan fingerprint density at radius 3 is 2.55 bits per heavy atom. The molecular formula is C17H20N2O3. The molecule has 2 aromatic rings. The average molecular weight is 300 g/mol. The molecule has 5 nitrogen and oxygen atoms in total. The van der Waals surface area contributed by atoms with Gasteiger partial charge in [-0.1, -0.05) is 20.8 Å². The maximum absolute atomic E-state index is 12.3. The molecule has 0 spiro atoms. The number of carbonyl (C=O) groups is 1. The number of hydrogen-bond donors (Lipinski definition) is 0. The summed E-state index contributed by atoms with van der Waals surface area (Å²) < 4.78 is 7.13. The van der Waals surface area contributed by atoms with Crippen LogP contribution in [0.25, 0.3) is 0 Å². The van der Waals surface area contributed by atoms with E-state index < -0.39 is 0 Å². The first-order valence-electron chi connectivity index (χ1n) is 7.37. The summed E-state index contributed by atoms with van der Waals surface area (Å²) in [6.07, 6.45) is 3.66. The van der Waals surface area contributed by atoms with Crippen molar-refractivity contribution in [3.05, 3.63) is 52.6 Å². The molecule has 0 radical (unpaired) electrons. The fraction of sp³-hybridized carbons (Fsp3) is 0.353. The van der Waals surface area contributed by atoms with Gasteiger partial charge in [-0.15, -0.1) is 0 Å². The molecule has 1 aromatic carbocycles. The first kappa shape index (κ1) is 15.9. The average Bonchev–Trinajstić information content (AvgIpc) is 2.51. The highest BCUT2D eigenvalue weighted by Gasteiger charge is 2.09. The van der Waals surface area contributed by atoms with Crippen molar-refractivity contribution in [3.8, 4) is 11.6 Å². The Bertz CT molecular complexity index is 703. The van der Waals surface area contributed by atoms with Gasteiger partial charge in [-0.25, -0.2) is 4.98 Å². The molecule has 0 fully saturated rings. The Labute approximate surface area is 129 Å². The van der Waals surface area contributed by atoms with E-state index in [1.54, 1.807) is 41.2 Å². The zero-order valence-electron chi connectivity index (χ0n) is 13.1. The van der Waals surface area contributed by atoms with Gasteiger partial charge in [0.2, 0.25) is 0 Å². The van der Waals surface area contributed by atoms with Crippen molar-refractivity contribution in [3.63, 3.8) is 0 Å². The molecule has 0 N–H and O–H groups in total. The molecule has 0 saturated heterocycles. The lowest BCUT2D eigenvalue weighted by atomic mass is 10.1. The van der Waals surface area contributed by atoms with Crippen LogP contribution in [0, 0.1) is 5.92 Å². The summed E-state index contributed by atoms with van der Waals surface area (Å²) in [5.74, 6) is 0.952. The van der Waals surface area contributed by atoms with Gasteiger partial charge >= 0.3 is 5.56 Å². The normalized spacial score (nSPS) is 10.7. The van der Waals surface area contributed by atoms with Gasteiger partial charge < -0.3 is 9.30 Å². The molecule has 0 aliphatic rings. The highest BCUT2D eigenvalue weighted by atomic mass is 16.5. The number of nitrogens with zero attached hydrogens (tertiary/aromatic N) is 2. The number of carbonyl (C=O) groups excluding carboxylic acids is 1. The van der Waals surface area contributed by atoms with Crippen LogP contribution in [0.2, 0.25) is 0 Å². The third-order valence-electron chi connectivity index (χ3n) is 3.16. The van der Waals surface area contributed by atoms with Gasteiger partial charge in [-0.05, 0) is 30.2 Å². The van der Waals surface area contributed by atoms with Crippen LogP contribution >= 0.6 is 0 Å². The molecule has 1 aromatic heterocycles. The molecule has 0 amide bonds. The van der Waals surface area contributed by atoms with Crippen LogP contribution in [0.5, 0.6) is 11.6 Å². The molecule has 0 atom stereocenters. The smallest absolute Gasteiger partial charge is 0.313 e. The van der Waals surface area contributed by atoms with Crippen molar-refractivity contribution < 1.29 is 9.53 Å². The molecule has 0 bridgehead atoms. The summed E-state index contributed by atoms with van der Waals surface area (Å²) in [5.41, 5.74) is 0.373. The zero-order chi connectivity index (χ0) is 16.1. The summed E-state index contributed by atoms with van der Waals surface area (Å²) in [6.45, 7) is 6.51. The number of ketones is 1. The first-order chi connectivity index (χ1) is 10.5. The Morgan fingerprint density at radius 2 is 1.95 bits per heavy atom. The van der Waals surface area contributed by atoms with E-state index in [0.29, 0.717) is 30.2 Å². The second-order valence-corrected chi connectivity index (χ2v) is 5.49. The Balaban J connectivity index is 2.20. The monoisotopic (exact) mass is 300 g/mol. The lowest BCUT2D eigenvalue weighted by Crippen LogP contribution is -2.23. The Kier molecular flexibility index (Phi) is 5.09. The number of rotatable bonds is 6. The number of aromatic nitrogens is 2. The highest BCUT2D eigenvalue weighted by molar-refractivity contribution is 5.95. The van der Waals surface area contributed by atoms with E-state index in [4.69, 9.17) is 4.74 Å². The fourth-order valence-corrected chi connectivity index (χ4v) is 2.06. The highest BCUT2D eigenvalue weighted by Crippen LogP contribution is 2.18. The van der Waals surface area contributed by atoms with Crippen LogP contribution in [-0.2, 0) is 6.54 Å². The summed E-state index contributed by atoms with van der Waals surface area (Å²) in [4.78, 5) is 27.8. The second kappa shape index (κ2) is 7.02. The summed E-state index contributed by atoms with van der Waals surface area (Å²) >= 11 is 0. The van der Waals surface area contributed by atoms with Gasteiger partial charge in [-0.2, -0.15) is 0 Å². The zero-order valence-corrected chi connectivity index (χ0v) is 13.1. The van der Waals surface area contributed by atoms with Gasteiger partial charge in [-0.3, -0.25) is 9.59 Å². The van der Waals surface area contributed by atoms with E-state index in [0.717, 1.165) is 0 Å². The lowest BCUT2D eigenvalue weighted by molar-refractivity contribution is 0.0988. The minimum atomic E-state index is -0.259. The fourth-order valence-electron chi connectivity index (χ4n) is 2.06. The van der Waals surface area contributed by atoms with Crippen LogP contribution < -0.4 is 10.3 Å². The number of Topliss-reactive ketones (excluding diaryl/α,β-unsaturated/α-hetero) is 1. The van der Waals surface area contributed by atoms with Gasteiger partial charge in [0, 0.05) is 30.9 Å². The summed E-state index contributed by atoms with van der Waals surface area (Å²) in [6, 6.07) is 6.72. The molecular weight excluding hydrogens is 280 g/mol. The quantitative estimate of drug-likeness (QED) is 0.768.